The number of hydrogen-bond donors (Lipinski definition) is 0. The van der Waals surface area contributed by atoms with Gasteiger partial charge >= 0.3 is 0 Å². The summed E-state index contributed by atoms with van der Waals surface area (Å²) >= 11 is 1.90. The number of rotatable bonds is 5. The highest BCUT2D eigenvalue weighted by atomic mass is 32.1. The van der Waals surface area contributed by atoms with E-state index in [1.165, 1.54) is 98.2 Å². The van der Waals surface area contributed by atoms with E-state index in [9.17, 15) is 0 Å². The van der Waals surface area contributed by atoms with E-state index in [1.807, 2.05) is 11.3 Å². The van der Waals surface area contributed by atoms with Gasteiger partial charge in [-0.15, -0.1) is 11.3 Å². The molecule has 292 valence electrons. The van der Waals surface area contributed by atoms with Crippen molar-refractivity contribution in [2.45, 2.75) is 38.5 Å². The third-order valence-electron chi connectivity index (χ3n) is 13.6. The van der Waals surface area contributed by atoms with Crippen LogP contribution in [0.3, 0.4) is 0 Å². The second-order valence-corrected chi connectivity index (χ2v) is 18.7. The van der Waals surface area contributed by atoms with Crippen LogP contribution in [0, 0.1) is 0 Å². The van der Waals surface area contributed by atoms with Crippen molar-refractivity contribution in [2.75, 3.05) is 9.80 Å². The van der Waals surface area contributed by atoms with Crippen molar-refractivity contribution in [3.63, 3.8) is 0 Å². The molecule has 0 spiro atoms. The van der Waals surface area contributed by atoms with Crippen molar-refractivity contribution in [1.82, 2.24) is 0 Å². The maximum atomic E-state index is 2.59. The van der Waals surface area contributed by atoms with Gasteiger partial charge < -0.3 is 9.80 Å². The monoisotopic (exact) mass is 800 g/mol. The smallest absolute Gasteiger partial charge is 0.0619 e. The van der Waals surface area contributed by atoms with Gasteiger partial charge in [-0.3, -0.25) is 0 Å². The fraction of sp³-hybridized carbons (Fsp3) is 0.103. The van der Waals surface area contributed by atoms with Crippen molar-refractivity contribution in [3.05, 3.63) is 216 Å². The maximum Gasteiger partial charge on any atom is 0.0619 e. The summed E-state index contributed by atoms with van der Waals surface area (Å²) in [6.45, 7) is 9.58. The van der Waals surface area contributed by atoms with E-state index < -0.39 is 0 Å². The molecule has 0 atom stereocenters. The van der Waals surface area contributed by atoms with Gasteiger partial charge in [0.15, 0.2) is 0 Å². The van der Waals surface area contributed by atoms with Crippen LogP contribution in [-0.4, -0.2) is 0 Å². The molecule has 0 bridgehead atoms. The highest BCUT2D eigenvalue weighted by Crippen LogP contribution is 2.59. The zero-order chi connectivity index (χ0) is 41.0. The number of thiophene rings is 1. The summed E-state index contributed by atoms with van der Waals surface area (Å²) in [6.07, 6.45) is 0. The summed E-state index contributed by atoms with van der Waals surface area (Å²) in [7, 11) is 0. The summed E-state index contributed by atoms with van der Waals surface area (Å²) in [5, 5.41) is 5.06. The molecule has 2 aliphatic rings. The highest BCUT2D eigenvalue weighted by Gasteiger charge is 2.42. The van der Waals surface area contributed by atoms with Crippen LogP contribution in [0.4, 0.5) is 34.1 Å². The first-order valence-electron chi connectivity index (χ1n) is 21.4. The zero-order valence-corrected chi connectivity index (χ0v) is 35.6. The first kappa shape index (κ1) is 36.0. The molecule has 2 nitrogen and oxygen atoms in total. The van der Waals surface area contributed by atoms with E-state index in [4.69, 9.17) is 0 Å². The molecule has 0 saturated heterocycles. The first-order valence-corrected chi connectivity index (χ1v) is 22.2. The van der Waals surface area contributed by atoms with Crippen LogP contribution in [-0.2, 0) is 10.8 Å². The van der Waals surface area contributed by atoms with Crippen LogP contribution in [0.1, 0.15) is 49.9 Å². The quantitative estimate of drug-likeness (QED) is 0.171. The summed E-state index contributed by atoms with van der Waals surface area (Å²) in [5.41, 5.74) is 17.1. The predicted molar refractivity (Wildman–Crippen MR) is 261 cm³/mol. The van der Waals surface area contributed by atoms with E-state index in [2.05, 4.69) is 232 Å². The fourth-order valence-corrected chi connectivity index (χ4v) is 12.0. The minimum atomic E-state index is -0.353. The van der Waals surface area contributed by atoms with E-state index in [0.717, 1.165) is 11.4 Å². The maximum absolute atomic E-state index is 2.59. The fourth-order valence-electron chi connectivity index (χ4n) is 10.8. The molecule has 0 saturated carbocycles. The lowest BCUT2D eigenvalue weighted by Gasteiger charge is -2.45. The van der Waals surface area contributed by atoms with Crippen LogP contribution >= 0.6 is 11.3 Å². The highest BCUT2D eigenvalue weighted by molar-refractivity contribution is 7.26. The largest absolute Gasteiger partial charge is 0.310 e. The molecule has 0 unspecified atom stereocenters. The molecule has 1 aliphatic carbocycles. The summed E-state index contributed by atoms with van der Waals surface area (Å²) in [4.78, 5) is 5.10. The second kappa shape index (κ2) is 13.3. The van der Waals surface area contributed by atoms with Gasteiger partial charge in [0, 0.05) is 64.5 Å². The average molecular weight is 801 g/mol. The van der Waals surface area contributed by atoms with Crippen molar-refractivity contribution in [1.29, 1.82) is 0 Å². The normalized spacial score (nSPS) is 14.5. The second-order valence-electron chi connectivity index (χ2n) is 17.7. The van der Waals surface area contributed by atoms with Crippen LogP contribution in [0.25, 0.3) is 53.2 Å². The minimum Gasteiger partial charge on any atom is -0.310 e. The Morgan fingerprint density at radius 2 is 1.07 bits per heavy atom. The Morgan fingerprint density at radius 1 is 0.426 bits per heavy atom. The molecule has 61 heavy (non-hydrogen) atoms. The number of nitrogens with zero attached hydrogens (tertiary/aromatic N) is 2. The number of para-hydroxylation sites is 2. The molecule has 0 radical (unpaired) electrons. The third-order valence-corrected chi connectivity index (χ3v) is 14.8. The Hall–Kier alpha value is -6.94. The molecule has 1 aromatic heterocycles. The predicted octanol–water partition coefficient (Wildman–Crippen LogP) is 16.8. The van der Waals surface area contributed by atoms with Gasteiger partial charge in [-0.1, -0.05) is 173 Å². The molecule has 9 aromatic carbocycles. The average Bonchev–Trinajstić information content (AvgIpc) is 3.79. The van der Waals surface area contributed by atoms with Gasteiger partial charge in [-0.25, -0.2) is 0 Å². The number of fused-ring (bicyclic) bond motifs is 9. The van der Waals surface area contributed by atoms with Crippen LogP contribution < -0.4 is 9.80 Å². The van der Waals surface area contributed by atoms with Crippen molar-refractivity contribution in [2.24, 2.45) is 0 Å². The van der Waals surface area contributed by atoms with Crippen molar-refractivity contribution in [3.8, 4) is 22.3 Å². The molecular formula is C58H44N2S. The minimum absolute atomic E-state index is 0.128. The summed E-state index contributed by atoms with van der Waals surface area (Å²) in [5.74, 6) is 0. The van der Waals surface area contributed by atoms with Gasteiger partial charge in [0.1, 0.15) is 0 Å². The SMILES string of the molecule is CC1(C)c2ccccc2-c2ccc(N(c3ccccc3)c3cccc4c3C(C)(C)c3ccccc3N4c3c(-c4cccc5c4sc4ccccc45)ccc4ccccc34)cc21. The standard InChI is InChI=1S/C58H44N2S/c1-57(2)47-26-12-10-22-41(47)42-35-33-39(36-49(42)57)59(38-19-6-5-7-20-38)51-29-17-30-52-54(51)58(3,4)48-27-13-14-28-50(48)60(52)55-40-21-9-8-18-37(40)32-34-44(55)46-25-16-24-45-43-23-11-15-31-53(43)61-56(45)46/h5-36H,1-4H3. The van der Waals surface area contributed by atoms with E-state index >= 15 is 0 Å². The number of hydrogen-bond acceptors (Lipinski definition) is 3. The number of anilines is 6. The molecule has 0 fully saturated rings. The lowest BCUT2D eigenvalue weighted by Crippen LogP contribution is -2.32. The zero-order valence-electron chi connectivity index (χ0n) is 34.8. The molecule has 0 N–H and O–H groups in total. The Bertz CT molecular complexity index is 3390. The van der Waals surface area contributed by atoms with Gasteiger partial charge in [0.2, 0.25) is 0 Å². The van der Waals surface area contributed by atoms with Crippen LogP contribution in [0.5, 0.6) is 0 Å². The molecule has 10 aromatic rings. The van der Waals surface area contributed by atoms with Crippen molar-refractivity contribution >= 4 is 76.4 Å². The molecule has 0 amide bonds. The molecule has 3 heteroatoms. The lowest BCUT2D eigenvalue weighted by atomic mass is 9.72. The Labute approximate surface area is 361 Å². The summed E-state index contributed by atoms with van der Waals surface area (Å²) in [6, 6.07) is 72.3. The van der Waals surface area contributed by atoms with Gasteiger partial charge in [-0.05, 0) is 81.7 Å². The molecule has 2 heterocycles. The third kappa shape index (κ3) is 5.20. The van der Waals surface area contributed by atoms with Gasteiger partial charge in [0.05, 0.1) is 22.7 Å². The Balaban J connectivity index is 1.15. The number of benzene rings is 9. The Morgan fingerprint density at radius 3 is 1.93 bits per heavy atom. The van der Waals surface area contributed by atoms with Gasteiger partial charge in [-0.2, -0.15) is 0 Å². The van der Waals surface area contributed by atoms with E-state index in [-0.39, 0.29) is 10.8 Å². The summed E-state index contributed by atoms with van der Waals surface area (Å²) < 4.78 is 2.63. The Kier molecular flexibility index (Phi) is 7.83. The van der Waals surface area contributed by atoms with Crippen LogP contribution in [0.2, 0.25) is 0 Å². The van der Waals surface area contributed by atoms with Crippen molar-refractivity contribution < 1.29 is 0 Å². The van der Waals surface area contributed by atoms with E-state index in [0.29, 0.717) is 0 Å². The topological polar surface area (TPSA) is 6.48 Å². The molecular weight excluding hydrogens is 757 g/mol. The lowest BCUT2D eigenvalue weighted by molar-refractivity contribution is 0.632. The van der Waals surface area contributed by atoms with E-state index in [1.54, 1.807) is 0 Å². The molecule has 12 rings (SSSR count). The molecule has 1 aliphatic heterocycles. The van der Waals surface area contributed by atoms with Gasteiger partial charge in [0.25, 0.3) is 0 Å². The first-order chi connectivity index (χ1) is 29.8. The van der Waals surface area contributed by atoms with Crippen LogP contribution in [0.15, 0.2) is 194 Å².